The Balaban J connectivity index is 1.99. The van der Waals surface area contributed by atoms with E-state index in [1.165, 1.54) is 0 Å². The average Bonchev–Trinajstić information content (AvgIpc) is 2.94. The van der Waals surface area contributed by atoms with E-state index < -0.39 is 0 Å². The minimum absolute atomic E-state index is 0.0489. The van der Waals surface area contributed by atoms with E-state index in [1.54, 1.807) is 12.4 Å². The van der Waals surface area contributed by atoms with E-state index in [0.29, 0.717) is 18.1 Å². The van der Waals surface area contributed by atoms with Crippen LogP contribution in [0.5, 0.6) is 0 Å². The molecule has 2 heterocycles. The molecule has 0 amide bonds. The Morgan fingerprint density at radius 1 is 1.25 bits per heavy atom. The minimum atomic E-state index is 0.0489. The molecule has 3 rings (SSSR count). The monoisotopic (exact) mass is 269 g/mol. The summed E-state index contributed by atoms with van der Waals surface area (Å²) in [5.74, 6) is 1.07. The molecule has 2 aromatic heterocycles. The number of benzene rings is 1. The van der Waals surface area contributed by atoms with Crippen molar-refractivity contribution in [3.05, 3.63) is 36.4 Å². The number of fused-ring (bicyclic) bond motifs is 1. The van der Waals surface area contributed by atoms with Gasteiger partial charge in [-0.15, -0.1) is 0 Å². The zero-order chi connectivity index (χ0) is 13.9. The van der Waals surface area contributed by atoms with Gasteiger partial charge in [-0.2, -0.15) is 4.98 Å². The first-order valence-electron chi connectivity index (χ1n) is 6.56. The van der Waals surface area contributed by atoms with E-state index in [4.69, 9.17) is 10.3 Å². The summed E-state index contributed by atoms with van der Waals surface area (Å²) >= 11 is 0. The SMILES string of the molecule is CCC(N)Cc1noc(-c2cccc3nccnc23)n1. The van der Waals surface area contributed by atoms with Crippen LogP contribution in [-0.2, 0) is 6.42 Å². The topological polar surface area (TPSA) is 90.7 Å². The summed E-state index contributed by atoms with van der Waals surface area (Å²) in [7, 11) is 0. The number of hydrogen-bond donors (Lipinski definition) is 1. The molecule has 6 nitrogen and oxygen atoms in total. The van der Waals surface area contributed by atoms with Gasteiger partial charge in [0, 0.05) is 24.9 Å². The van der Waals surface area contributed by atoms with Crippen molar-refractivity contribution in [1.29, 1.82) is 0 Å². The Kier molecular flexibility index (Phi) is 3.39. The summed E-state index contributed by atoms with van der Waals surface area (Å²) in [5, 5.41) is 3.97. The summed E-state index contributed by atoms with van der Waals surface area (Å²) in [6.07, 6.45) is 4.79. The van der Waals surface area contributed by atoms with Gasteiger partial charge in [-0.05, 0) is 18.6 Å². The van der Waals surface area contributed by atoms with Gasteiger partial charge < -0.3 is 10.3 Å². The molecule has 2 N–H and O–H groups in total. The van der Waals surface area contributed by atoms with Crippen molar-refractivity contribution in [2.24, 2.45) is 5.73 Å². The number of hydrogen-bond acceptors (Lipinski definition) is 6. The van der Waals surface area contributed by atoms with Gasteiger partial charge in [0.2, 0.25) is 0 Å². The molecule has 102 valence electrons. The number of nitrogens with zero attached hydrogens (tertiary/aromatic N) is 4. The number of rotatable bonds is 4. The maximum atomic E-state index is 5.90. The molecule has 0 bridgehead atoms. The number of para-hydroxylation sites is 1. The fraction of sp³-hybridized carbons (Fsp3) is 0.286. The third-order valence-corrected chi connectivity index (χ3v) is 3.17. The molecule has 1 aromatic carbocycles. The lowest BCUT2D eigenvalue weighted by molar-refractivity contribution is 0.419. The van der Waals surface area contributed by atoms with Crippen molar-refractivity contribution in [3.8, 4) is 11.5 Å². The Morgan fingerprint density at radius 2 is 2.10 bits per heavy atom. The zero-order valence-corrected chi connectivity index (χ0v) is 11.2. The summed E-state index contributed by atoms with van der Waals surface area (Å²) in [5.41, 5.74) is 8.25. The minimum Gasteiger partial charge on any atom is -0.334 e. The average molecular weight is 269 g/mol. The van der Waals surface area contributed by atoms with Gasteiger partial charge in [-0.25, -0.2) is 0 Å². The van der Waals surface area contributed by atoms with Crippen LogP contribution in [0.4, 0.5) is 0 Å². The predicted octanol–water partition coefficient (Wildman–Crippen LogP) is 1.96. The summed E-state index contributed by atoms with van der Waals surface area (Å²) in [6, 6.07) is 5.74. The molecule has 0 radical (unpaired) electrons. The van der Waals surface area contributed by atoms with Crippen LogP contribution >= 0.6 is 0 Å². The maximum absolute atomic E-state index is 5.90. The Labute approximate surface area is 116 Å². The number of nitrogens with two attached hydrogens (primary N) is 1. The molecular formula is C14H15N5O. The van der Waals surface area contributed by atoms with Gasteiger partial charge in [0.1, 0.15) is 5.52 Å². The normalized spacial score (nSPS) is 12.7. The van der Waals surface area contributed by atoms with Crippen LogP contribution in [-0.4, -0.2) is 26.2 Å². The van der Waals surface area contributed by atoms with E-state index >= 15 is 0 Å². The van der Waals surface area contributed by atoms with Gasteiger partial charge in [-0.1, -0.05) is 18.1 Å². The molecule has 1 unspecified atom stereocenters. The lowest BCUT2D eigenvalue weighted by atomic mass is 10.1. The molecule has 20 heavy (non-hydrogen) atoms. The Morgan fingerprint density at radius 3 is 2.95 bits per heavy atom. The van der Waals surface area contributed by atoms with Gasteiger partial charge >= 0.3 is 0 Å². The van der Waals surface area contributed by atoms with Crippen LogP contribution in [0.3, 0.4) is 0 Å². The molecule has 0 aliphatic rings. The molecule has 6 heteroatoms. The molecule has 0 saturated carbocycles. The molecule has 0 aliphatic carbocycles. The highest BCUT2D eigenvalue weighted by atomic mass is 16.5. The van der Waals surface area contributed by atoms with E-state index in [0.717, 1.165) is 23.0 Å². The van der Waals surface area contributed by atoms with Gasteiger partial charge in [-0.3, -0.25) is 9.97 Å². The second kappa shape index (κ2) is 5.34. The van der Waals surface area contributed by atoms with Gasteiger partial charge in [0.25, 0.3) is 5.89 Å². The van der Waals surface area contributed by atoms with Crippen molar-refractivity contribution < 1.29 is 4.52 Å². The number of aromatic nitrogens is 4. The van der Waals surface area contributed by atoms with E-state index in [9.17, 15) is 0 Å². The summed E-state index contributed by atoms with van der Waals surface area (Å²) < 4.78 is 5.32. The van der Waals surface area contributed by atoms with E-state index in [1.807, 2.05) is 25.1 Å². The fourth-order valence-electron chi connectivity index (χ4n) is 1.99. The molecule has 0 fully saturated rings. The van der Waals surface area contributed by atoms with Gasteiger partial charge in [0.15, 0.2) is 5.82 Å². The molecule has 3 aromatic rings. The maximum Gasteiger partial charge on any atom is 0.260 e. The smallest absolute Gasteiger partial charge is 0.260 e. The third kappa shape index (κ3) is 2.37. The van der Waals surface area contributed by atoms with Crippen molar-refractivity contribution in [1.82, 2.24) is 20.1 Å². The summed E-state index contributed by atoms with van der Waals surface area (Å²) in [6.45, 7) is 2.03. The van der Waals surface area contributed by atoms with E-state index in [-0.39, 0.29) is 6.04 Å². The molecule has 0 aliphatic heterocycles. The summed E-state index contributed by atoms with van der Waals surface area (Å²) in [4.78, 5) is 13.0. The molecule has 1 atom stereocenters. The lowest BCUT2D eigenvalue weighted by Crippen LogP contribution is -2.21. The van der Waals surface area contributed by atoms with Gasteiger partial charge in [0.05, 0.1) is 11.1 Å². The van der Waals surface area contributed by atoms with Crippen LogP contribution in [0.15, 0.2) is 35.1 Å². The highest BCUT2D eigenvalue weighted by Crippen LogP contribution is 2.24. The highest BCUT2D eigenvalue weighted by molar-refractivity contribution is 5.88. The quantitative estimate of drug-likeness (QED) is 0.778. The fourth-order valence-corrected chi connectivity index (χ4v) is 1.99. The van der Waals surface area contributed by atoms with Crippen LogP contribution in [0.2, 0.25) is 0 Å². The highest BCUT2D eigenvalue weighted by Gasteiger charge is 2.14. The standard InChI is InChI=1S/C14H15N5O/c1-2-9(15)8-12-18-14(20-19-12)10-4-3-5-11-13(10)17-7-6-16-11/h3-7,9H,2,8,15H2,1H3. The van der Waals surface area contributed by atoms with Crippen LogP contribution in [0.1, 0.15) is 19.2 Å². The van der Waals surface area contributed by atoms with Crippen molar-refractivity contribution >= 4 is 11.0 Å². The molecular weight excluding hydrogens is 254 g/mol. The Bertz CT molecular complexity index is 719. The molecule has 0 saturated heterocycles. The first kappa shape index (κ1) is 12.7. The van der Waals surface area contributed by atoms with E-state index in [2.05, 4.69) is 20.1 Å². The largest absolute Gasteiger partial charge is 0.334 e. The molecule has 0 spiro atoms. The Hall–Kier alpha value is -2.34. The van der Waals surface area contributed by atoms with Crippen molar-refractivity contribution in [3.63, 3.8) is 0 Å². The van der Waals surface area contributed by atoms with Crippen LogP contribution in [0, 0.1) is 0 Å². The first-order chi connectivity index (χ1) is 9.78. The van der Waals surface area contributed by atoms with Crippen molar-refractivity contribution in [2.75, 3.05) is 0 Å². The zero-order valence-electron chi connectivity index (χ0n) is 11.2. The first-order valence-corrected chi connectivity index (χ1v) is 6.56. The van der Waals surface area contributed by atoms with Crippen molar-refractivity contribution in [2.45, 2.75) is 25.8 Å². The second-order valence-electron chi connectivity index (χ2n) is 4.62. The lowest BCUT2D eigenvalue weighted by Gasteiger charge is -2.02. The van der Waals surface area contributed by atoms with Crippen LogP contribution in [0.25, 0.3) is 22.5 Å². The third-order valence-electron chi connectivity index (χ3n) is 3.17. The predicted molar refractivity (Wildman–Crippen MR) is 74.8 cm³/mol. The second-order valence-corrected chi connectivity index (χ2v) is 4.62. The van der Waals surface area contributed by atoms with Crippen LogP contribution < -0.4 is 5.73 Å².